The smallest absolute Gasteiger partial charge is 0.191 e. The minimum Gasteiger partial charge on any atom is -0.505 e. The summed E-state index contributed by atoms with van der Waals surface area (Å²) in [6, 6.07) is 4.65. The number of hydrogen-bond acceptors (Lipinski definition) is 3. The average molecular weight is 293 g/mol. The Balaban J connectivity index is 1.54. The van der Waals surface area contributed by atoms with E-state index in [0.29, 0.717) is 24.7 Å². The normalized spacial score (nSPS) is 27.9. The van der Waals surface area contributed by atoms with Crippen molar-refractivity contribution in [2.75, 3.05) is 7.05 Å². The van der Waals surface area contributed by atoms with Gasteiger partial charge in [0.1, 0.15) is 0 Å². The highest BCUT2D eigenvalue weighted by Crippen LogP contribution is 2.34. The monoisotopic (exact) mass is 293 g/mol. The number of hydrogen-bond donors (Lipinski definition) is 3. The van der Waals surface area contributed by atoms with Crippen LogP contribution in [0.1, 0.15) is 24.8 Å². The number of aliphatic imine (C=N–C) groups is 1. The highest BCUT2D eigenvalue weighted by Gasteiger charge is 2.41. The fourth-order valence-electron chi connectivity index (χ4n) is 3.01. The Kier molecular flexibility index (Phi) is 3.96. The zero-order valence-corrected chi connectivity index (χ0v) is 12.0. The Bertz CT molecular complexity index is 550. The molecule has 6 heteroatoms. The van der Waals surface area contributed by atoms with Crippen molar-refractivity contribution in [3.63, 3.8) is 0 Å². The minimum absolute atomic E-state index is 0.277. The van der Waals surface area contributed by atoms with Crippen LogP contribution in [0.15, 0.2) is 23.2 Å². The van der Waals surface area contributed by atoms with Gasteiger partial charge in [0.15, 0.2) is 17.5 Å². The molecular weight excluding hydrogens is 273 g/mol. The molecule has 2 aliphatic heterocycles. The van der Waals surface area contributed by atoms with Gasteiger partial charge in [-0.3, -0.25) is 4.99 Å². The largest absolute Gasteiger partial charge is 0.505 e. The van der Waals surface area contributed by atoms with Crippen LogP contribution < -0.4 is 10.6 Å². The van der Waals surface area contributed by atoms with E-state index in [0.717, 1.165) is 24.8 Å². The number of ether oxygens (including phenoxy) is 1. The van der Waals surface area contributed by atoms with E-state index in [2.05, 4.69) is 15.6 Å². The van der Waals surface area contributed by atoms with Crippen molar-refractivity contribution >= 4 is 5.96 Å². The second-order valence-corrected chi connectivity index (χ2v) is 5.57. The van der Waals surface area contributed by atoms with Gasteiger partial charge in [-0.05, 0) is 37.0 Å². The number of phenols is 1. The first-order valence-electron chi connectivity index (χ1n) is 7.25. The molecule has 0 saturated carbocycles. The van der Waals surface area contributed by atoms with Crippen molar-refractivity contribution < 1.29 is 14.2 Å². The van der Waals surface area contributed by atoms with Gasteiger partial charge >= 0.3 is 0 Å². The summed E-state index contributed by atoms with van der Waals surface area (Å²) >= 11 is 0. The van der Waals surface area contributed by atoms with E-state index in [9.17, 15) is 9.50 Å². The summed E-state index contributed by atoms with van der Waals surface area (Å²) in [6.07, 6.45) is 3.93. The summed E-state index contributed by atoms with van der Waals surface area (Å²) in [7, 11) is 1.71. The van der Waals surface area contributed by atoms with E-state index in [4.69, 9.17) is 4.74 Å². The molecule has 2 bridgehead atoms. The molecule has 3 atom stereocenters. The molecule has 0 radical (unpaired) electrons. The van der Waals surface area contributed by atoms with Crippen LogP contribution in [0.2, 0.25) is 0 Å². The maximum absolute atomic E-state index is 13.3. The Labute approximate surface area is 123 Å². The molecule has 0 aliphatic carbocycles. The highest BCUT2D eigenvalue weighted by atomic mass is 19.1. The van der Waals surface area contributed by atoms with Crippen LogP contribution in [0.25, 0.3) is 0 Å². The highest BCUT2D eigenvalue weighted by molar-refractivity contribution is 5.80. The van der Waals surface area contributed by atoms with Crippen LogP contribution in [-0.4, -0.2) is 36.4 Å². The lowest BCUT2D eigenvalue weighted by molar-refractivity contribution is 0.0992. The number of nitrogens with zero attached hydrogens (tertiary/aromatic N) is 1. The van der Waals surface area contributed by atoms with Gasteiger partial charge in [-0.25, -0.2) is 4.39 Å². The summed E-state index contributed by atoms with van der Waals surface area (Å²) < 4.78 is 19.1. The molecule has 2 heterocycles. The Morgan fingerprint density at radius 2 is 2.33 bits per heavy atom. The molecule has 1 aromatic carbocycles. The van der Waals surface area contributed by atoms with Crippen LogP contribution in [-0.2, 0) is 11.3 Å². The number of benzene rings is 1. The summed E-state index contributed by atoms with van der Waals surface area (Å²) in [5.74, 6) is -0.260. The third kappa shape index (κ3) is 3.10. The van der Waals surface area contributed by atoms with Crippen LogP contribution in [0.3, 0.4) is 0 Å². The summed E-state index contributed by atoms with van der Waals surface area (Å²) in [4.78, 5) is 4.19. The SMILES string of the molecule is CN=C(NCc1ccc(O)c(F)c1)NC1CC2CCC1O2. The molecule has 3 unspecified atom stereocenters. The zero-order chi connectivity index (χ0) is 14.8. The first-order valence-corrected chi connectivity index (χ1v) is 7.25. The Hall–Kier alpha value is -1.82. The van der Waals surface area contributed by atoms with Crippen molar-refractivity contribution in [1.29, 1.82) is 0 Å². The minimum atomic E-state index is -0.612. The number of guanidine groups is 1. The molecule has 1 aromatic rings. The lowest BCUT2D eigenvalue weighted by Crippen LogP contribution is -2.47. The first-order chi connectivity index (χ1) is 10.2. The molecular formula is C15H20FN3O2. The molecule has 2 aliphatic rings. The molecule has 21 heavy (non-hydrogen) atoms. The fraction of sp³-hybridized carbons (Fsp3) is 0.533. The predicted molar refractivity (Wildman–Crippen MR) is 77.7 cm³/mol. The second kappa shape index (κ2) is 5.89. The molecule has 0 aromatic heterocycles. The number of rotatable bonds is 3. The fourth-order valence-corrected chi connectivity index (χ4v) is 3.01. The summed E-state index contributed by atoms with van der Waals surface area (Å²) in [5.41, 5.74) is 0.748. The maximum Gasteiger partial charge on any atom is 0.191 e. The number of aromatic hydroxyl groups is 1. The third-order valence-electron chi connectivity index (χ3n) is 4.12. The quantitative estimate of drug-likeness (QED) is 0.584. The molecule has 3 N–H and O–H groups in total. The van der Waals surface area contributed by atoms with Crippen molar-refractivity contribution in [2.24, 2.45) is 4.99 Å². The summed E-state index contributed by atoms with van der Waals surface area (Å²) in [5, 5.41) is 15.7. The number of halogens is 1. The van der Waals surface area contributed by atoms with E-state index >= 15 is 0 Å². The average Bonchev–Trinajstić information content (AvgIpc) is 3.09. The van der Waals surface area contributed by atoms with E-state index < -0.39 is 5.82 Å². The van der Waals surface area contributed by atoms with Crippen LogP contribution in [0.5, 0.6) is 5.75 Å². The van der Waals surface area contributed by atoms with Crippen molar-refractivity contribution in [1.82, 2.24) is 10.6 Å². The van der Waals surface area contributed by atoms with Gasteiger partial charge in [-0.1, -0.05) is 6.07 Å². The van der Waals surface area contributed by atoms with E-state index in [1.165, 1.54) is 12.1 Å². The van der Waals surface area contributed by atoms with Gasteiger partial charge in [-0.2, -0.15) is 0 Å². The van der Waals surface area contributed by atoms with Gasteiger partial charge in [0.25, 0.3) is 0 Å². The van der Waals surface area contributed by atoms with Crippen molar-refractivity contribution in [3.05, 3.63) is 29.6 Å². The molecule has 2 fully saturated rings. The molecule has 0 amide bonds. The molecule has 114 valence electrons. The van der Waals surface area contributed by atoms with E-state index in [1.54, 1.807) is 13.1 Å². The zero-order valence-electron chi connectivity index (χ0n) is 12.0. The van der Waals surface area contributed by atoms with Crippen molar-refractivity contribution in [3.8, 4) is 5.75 Å². The molecule has 2 saturated heterocycles. The van der Waals surface area contributed by atoms with Gasteiger partial charge in [-0.15, -0.1) is 0 Å². The van der Waals surface area contributed by atoms with Crippen molar-refractivity contribution in [2.45, 2.75) is 44.1 Å². The van der Waals surface area contributed by atoms with Crippen LogP contribution >= 0.6 is 0 Å². The third-order valence-corrected chi connectivity index (χ3v) is 4.12. The standard InChI is InChI=1S/C15H20FN3O2/c1-17-15(19-12-7-10-3-5-14(12)21-10)18-8-9-2-4-13(20)11(16)6-9/h2,4,6,10,12,14,20H,3,5,7-8H2,1H3,(H2,17,18,19). The van der Waals surface area contributed by atoms with E-state index in [1.807, 2.05) is 0 Å². The van der Waals surface area contributed by atoms with E-state index in [-0.39, 0.29) is 11.9 Å². The lowest BCUT2D eigenvalue weighted by atomic mass is 9.96. The molecule has 0 spiro atoms. The number of nitrogens with one attached hydrogen (secondary N) is 2. The second-order valence-electron chi connectivity index (χ2n) is 5.57. The predicted octanol–water partition coefficient (Wildman–Crippen LogP) is 1.52. The van der Waals surface area contributed by atoms with Gasteiger partial charge in [0.05, 0.1) is 18.2 Å². The van der Waals surface area contributed by atoms with Gasteiger partial charge in [0, 0.05) is 13.6 Å². The first kappa shape index (κ1) is 14.1. The number of phenolic OH excluding ortho intramolecular Hbond substituents is 1. The van der Waals surface area contributed by atoms with Crippen LogP contribution in [0, 0.1) is 5.82 Å². The molecule has 5 nitrogen and oxygen atoms in total. The molecule has 3 rings (SSSR count). The van der Waals surface area contributed by atoms with Crippen LogP contribution in [0.4, 0.5) is 4.39 Å². The Morgan fingerprint density at radius 3 is 2.95 bits per heavy atom. The van der Waals surface area contributed by atoms with Gasteiger partial charge in [0.2, 0.25) is 0 Å². The lowest BCUT2D eigenvalue weighted by Gasteiger charge is -2.22. The summed E-state index contributed by atoms with van der Waals surface area (Å²) in [6.45, 7) is 0.443. The van der Waals surface area contributed by atoms with Gasteiger partial charge < -0.3 is 20.5 Å². The maximum atomic E-state index is 13.3. The number of fused-ring (bicyclic) bond motifs is 2. The Morgan fingerprint density at radius 1 is 1.48 bits per heavy atom. The topological polar surface area (TPSA) is 65.9 Å².